The van der Waals surface area contributed by atoms with Crippen LogP contribution in [0.2, 0.25) is 9.36 Å². The number of aromatic carboxylic acids is 1. The minimum atomic E-state index is -1.25. The zero-order valence-corrected chi connectivity index (χ0v) is 12.6. The molecule has 102 valence electrons. The highest BCUT2D eigenvalue weighted by molar-refractivity contribution is 7.18. The first-order valence-corrected chi connectivity index (χ1v) is 7.57. The van der Waals surface area contributed by atoms with Crippen LogP contribution in [0.5, 0.6) is 0 Å². The highest BCUT2D eigenvalue weighted by atomic mass is 35.5. The largest absolute Gasteiger partial charge is 0.544 e. The summed E-state index contributed by atoms with van der Waals surface area (Å²) in [6, 6.07) is 2.23. The Hall–Kier alpha value is -0.290. The second-order valence-electron chi connectivity index (χ2n) is 4.25. The molecule has 1 aliphatic rings. The molecule has 0 saturated heterocycles. The van der Waals surface area contributed by atoms with Gasteiger partial charge in [-0.1, -0.05) is 29.6 Å². The van der Waals surface area contributed by atoms with E-state index < -0.39 is 5.97 Å². The Balaban J connectivity index is 0.000000184. The van der Waals surface area contributed by atoms with Crippen LogP contribution in [0.15, 0.2) is 6.07 Å². The number of hydrogen-bond acceptors (Lipinski definition) is 3. The van der Waals surface area contributed by atoms with Crippen molar-refractivity contribution in [3.05, 3.63) is 20.3 Å². The van der Waals surface area contributed by atoms with E-state index in [9.17, 15) is 9.90 Å². The minimum Gasteiger partial charge on any atom is -0.544 e. The van der Waals surface area contributed by atoms with Gasteiger partial charge in [0.25, 0.3) is 0 Å². The molecule has 3 nitrogen and oxygen atoms in total. The monoisotopic (exact) mass is 309 g/mol. The summed E-state index contributed by atoms with van der Waals surface area (Å²) >= 11 is 11.8. The number of carboxylic acid groups (broad SMARTS) is 1. The topological polar surface area (TPSA) is 56.7 Å². The number of carboxylic acids is 1. The van der Waals surface area contributed by atoms with Crippen molar-refractivity contribution in [2.75, 3.05) is 7.05 Å². The fraction of sp³-hybridized carbons (Fsp3) is 0.583. The second kappa shape index (κ2) is 8.00. The molecule has 1 saturated carbocycles. The van der Waals surface area contributed by atoms with Crippen molar-refractivity contribution in [1.82, 2.24) is 0 Å². The third-order valence-electron chi connectivity index (χ3n) is 2.97. The van der Waals surface area contributed by atoms with E-state index in [0.717, 1.165) is 17.4 Å². The van der Waals surface area contributed by atoms with Crippen molar-refractivity contribution in [3.8, 4) is 0 Å². The molecule has 2 rings (SSSR count). The highest BCUT2D eigenvalue weighted by Crippen LogP contribution is 2.30. The van der Waals surface area contributed by atoms with E-state index in [1.807, 2.05) is 0 Å². The van der Waals surface area contributed by atoms with E-state index in [4.69, 9.17) is 23.2 Å². The Morgan fingerprint density at radius 1 is 1.39 bits per heavy atom. The molecule has 0 atom stereocenters. The summed E-state index contributed by atoms with van der Waals surface area (Å²) < 4.78 is 0.279. The quantitative estimate of drug-likeness (QED) is 0.907. The third kappa shape index (κ3) is 5.14. The number of carbonyl (C=O) groups is 1. The van der Waals surface area contributed by atoms with E-state index in [-0.39, 0.29) is 14.2 Å². The molecule has 6 heteroatoms. The minimum absolute atomic E-state index is 0.0509. The average Bonchev–Trinajstić information content (AvgIpc) is 2.72. The fourth-order valence-electron chi connectivity index (χ4n) is 1.91. The van der Waals surface area contributed by atoms with Gasteiger partial charge in [0.15, 0.2) is 0 Å². The first kappa shape index (κ1) is 15.8. The van der Waals surface area contributed by atoms with E-state index in [1.165, 1.54) is 38.2 Å². The maximum Gasteiger partial charge on any atom is 0.112 e. The standard InChI is InChI=1S/C7H15N.C5H2Cl2O2S/c1-8-7-5-3-2-4-6-7;6-2-1-3(5(8)9)10-4(2)7/h7-8H,2-6H2,1H3;1H,(H,8,9). The number of hydrogen-bond donors (Lipinski definition) is 1. The summed E-state index contributed by atoms with van der Waals surface area (Å²) in [4.78, 5) is 10.2. The van der Waals surface area contributed by atoms with Crippen molar-refractivity contribution in [1.29, 1.82) is 0 Å². The molecule has 1 aromatic rings. The molecule has 1 aliphatic carbocycles. The number of quaternary nitrogens is 1. The number of halogens is 2. The number of rotatable bonds is 2. The molecule has 1 aromatic heterocycles. The van der Waals surface area contributed by atoms with Gasteiger partial charge in [-0.05, 0) is 31.7 Å². The summed E-state index contributed by atoms with van der Waals surface area (Å²) in [5.74, 6) is -1.25. The summed E-state index contributed by atoms with van der Waals surface area (Å²) in [6.45, 7) is 0. The van der Waals surface area contributed by atoms with E-state index >= 15 is 0 Å². The Labute approximate surface area is 121 Å². The summed E-state index contributed by atoms with van der Waals surface area (Å²) in [5, 5.41) is 12.8. The van der Waals surface area contributed by atoms with Gasteiger partial charge < -0.3 is 15.2 Å². The molecule has 0 spiro atoms. The van der Waals surface area contributed by atoms with E-state index in [1.54, 1.807) is 0 Å². The van der Waals surface area contributed by atoms with Crippen molar-refractivity contribution < 1.29 is 15.2 Å². The van der Waals surface area contributed by atoms with Crippen molar-refractivity contribution >= 4 is 40.5 Å². The van der Waals surface area contributed by atoms with Gasteiger partial charge in [-0.25, -0.2) is 0 Å². The van der Waals surface area contributed by atoms with Gasteiger partial charge in [-0.3, -0.25) is 0 Å². The van der Waals surface area contributed by atoms with Crippen molar-refractivity contribution in [2.24, 2.45) is 0 Å². The molecule has 0 bridgehead atoms. The third-order valence-corrected chi connectivity index (χ3v) is 4.81. The van der Waals surface area contributed by atoms with Crippen LogP contribution in [0.4, 0.5) is 0 Å². The first-order valence-electron chi connectivity index (χ1n) is 6.00. The highest BCUT2D eigenvalue weighted by Gasteiger charge is 2.12. The molecule has 2 N–H and O–H groups in total. The lowest BCUT2D eigenvalue weighted by molar-refractivity contribution is -0.666. The van der Waals surface area contributed by atoms with Crippen LogP contribution in [-0.2, 0) is 0 Å². The maximum absolute atomic E-state index is 10.1. The summed E-state index contributed by atoms with van der Waals surface area (Å²) in [6.07, 6.45) is 7.32. The van der Waals surface area contributed by atoms with Gasteiger partial charge in [-0.2, -0.15) is 0 Å². The van der Waals surface area contributed by atoms with Gasteiger partial charge in [0.2, 0.25) is 0 Å². The molecule has 0 aromatic carbocycles. The van der Waals surface area contributed by atoms with Crippen LogP contribution in [-0.4, -0.2) is 19.1 Å². The van der Waals surface area contributed by atoms with Gasteiger partial charge in [0, 0.05) is 0 Å². The van der Waals surface area contributed by atoms with Crippen LogP contribution in [0.3, 0.4) is 0 Å². The molecular formula is C12H17Cl2NO2S. The van der Waals surface area contributed by atoms with E-state index in [2.05, 4.69) is 12.4 Å². The fourth-order valence-corrected chi connectivity index (χ4v) is 3.12. The van der Waals surface area contributed by atoms with Gasteiger partial charge in [-0.15, -0.1) is 11.3 Å². The zero-order valence-electron chi connectivity index (χ0n) is 10.2. The molecule has 0 amide bonds. The SMILES string of the molecule is C[NH2+]C1CCCCC1.O=C([O-])c1cc(Cl)c(Cl)s1. The zero-order chi connectivity index (χ0) is 13.5. The Bertz CT molecular complexity index is 370. The average molecular weight is 310 g/mol. The smallest absolute Gasteiger partial charge is 0.112 e. The number of thiophene rings is 1. The van der Waals surface area contributed by atoms with Gasteiger partial charge in [0.05, 0.1) is 29.0 Å². The summed E-state index contributed by atoms with van der Waals surface area (Å²) in [7, 11) is 2.19. The summed E-state index contributed by atoms with van der Waals surface area (Å²) in [5.41, 5.74) is 0. The Morgan fingerprint density at radius 2 is 2.00 bits per heavy atom. The van der Waals surface area contributed by atoms with Crippen molar-refractivity contribution in [3.63, 3.8) is 0 Å². The van der Waals surface area contributed by atoms with Gasteiger partial charge in [0.1, 0.15) is 4.34 Å². The first-order chi connectivity index (χ1) is 8.54. The van der Waals surface area contributed by atoms with Crippen LogP contribution in [0, 0.1) is 0 Å². The van der Waals surface area contributed by atoms with E-state index in [0.29, 0.717) is 0 Å². The van der Waals surface area contributed by atoms with Crippen molar-refractivity contribution in [2.45, 2.75) is 38.1 Å². The molecule has 1 heterocycles. The lowest BCUT2D eigenvalue weighted by Gasteiger charge is -2.17. The molecule has 0 unspecified atom stereocenters. The normalized spacial score (nSPS) is 15.9. The molecule has 0 radical (unpaired) electrons. The molecule has 1 fully saturated rings. The Morgan fingerprint density at radius 3 is 2.28 bits per heavy atom. The van der Waals surface area contributed by atoms with Crippen LogP contribution >= 0.6 is 34.5 Å². The van der Waals surface area contributed by atoms with Gasteiger partial charge >= 0.3 is 0 Å². The number of nitrogens with two attached hydrogens (primary N) is 1. The predicted octanol–water partition coefficient (Wildman–Crippen LogP) is 1.93. The molecule has 18 heavy (non-hydrogen) atoms. The Kier molecular flexibility index (Phi) is 7.00. The lowest BCUT2D eigenvalue weighted by Crippen LogP contribution is -2.86. The van der Waals surface area contributed by atoms with Crippen LogP contribution < -0.4 is 10.4 Å². The van der Waals surface area contributed by atoms with Crippen LogP contribution in [0.25, 0.3) is 0 Å². The predicted molar refractivity (Wildman–Crippen MR) is 73.4 cm³/mol. The maximum atomic E-state index is 10.1. The number of carbonyl (C=O) groups excluding carboxylic acids is 1. The molecule has 0 aliphatic heterocycles. The van der Waals surface area contributed by atoms with Crippen LogP contribution in [0.1, 0.15) is 41.8 Å². The second-order valence-corrected chi connectivity index (χ2v) is 6.31. The lowest BCUT2D eigenvalue weighted by atomic mass is 9.96. The molecular weight excluding hydrogens is 293 g/mol.